The minimum absolute atomic E-state index is 0.00659. The number of nitrogens with one attached hydrogen (secondary N) is 1. The molecule has 3 rings (SSSR count). The molecule has 1 fully saturated rings. The van der Waals surface area contributed by atoms with Crippen molar-refractivity contribution in [2.75, 3.05) is 12.3 Å². The van der Waals surface area contributed by atoms with Crippen molar-refractivity contribution in [3.63, 3.8) is 0 Å². The minimum atomic E-state index is -0.672. The molecule has 0 saturated heterocycles. The summed E-state index contributed by atoms with van der Waals surface area (Å²) in [5.74, 6) is -0.371. The van der Waals surface area contributed by atoms with Gasteiger partial charge in [0.05, 0.1) is 25.1 Å². The standard InChI is InChI=1S/C12H15N5O3/c1-5-6(3-18)8(19)2-7(5)17-4-14-9-10(17)15-12(13)16-11(9)20/h4,6-8,18-19H,1-3H2,(H3,13,15,16,20)/t6-,7?,8-/m0/s1. The highest BCUT2D eigenvalue weighted by atomic mass is 16.3. The Morgan fingerprint density at radius 1 is 1.60 bits per heavy atom. The van der Waals surface area contributed by atoms with E-state index in [4.69, 9.17) is 5.73 Å². The maximum Gasteiger partial charge on any atom is 0.280 e. The van der Waals surface area contributed by atoms with E-state index in [1.807, 2.05) is 0 Å². The number of nitrogens with zero attached hydrogens (tertiary/aromatic N) is 3. The van der Waals surface area contributed by atoms with E-state index in [2.05, 4.69) is 21.5 Å². The molecule has 1 unspecified atom stereocenters. The highest BCUT2D eigenvalue weighted by Crippen LogP contribution is 2.39. The van der Waals surface area contributed by atoms with Crippen LogP contribution in [-0.4, -0.2) is 42.4 Å². The normalized spacial score (nSPS) is 26.5. The first-order valence-electron chi connectivity index (χ1n) is 6.23. The highest BCUT2D eigenvalue weighted by Gasteiger charge is 2.37. The van der Waals surface area contributed by atoms with Crippen LogP contribution in [0.5, 0.6) is 0 Å². The monoisotopic (exact) mass is 277 g/mol. The van der Waals surface area contributed by atoms with Gasteiger partial charge in [0.1, 0.15) is 0 Å². The van der Waals surface area contributed by atoms with E-state index < -0.39 is 11.7 Å². The minimum Gasteiger partial charge on any atom is -0.396 e. The van der Waals surface area contributed by atoms with Crippen molar-refractivity contribution in [1.82, 2.24) is 19.5 Å². The lowest BCUT2D eigenvalue weighted by Gasteiger charge is -2.15. The van der Waals surface area contributed by atoms with Crippen LogP contribution in [0.2, 0.25) is 0 Å². The molecule has 2 aromatic heterocycles. The van der Waals surface area contributed by atoms with E-state index in [-0.39, 0.29) is 30.0 Å². The van der Waals surface area contributed by atoms with Crippen molar-refractivity contribution in [3.8, 4) is 0 Å². The molecule has 2 aromatic rings. The lowest BCUT2D eigenvalue weighted by molar-refractivity contribution is 0.101. The van der Waals surface area contributed by atoms with E-state index in [1.165, 1.54) is 6.33 Å². The summed E-state index contributed by atoms with van der Waals surface area (Å²) in [6.07, 6.45) is 1.20. The van der Waals surface area contributed by atoms with Crippen molar-refractivity contribution in [2.24, 2.45) is 5.92 Å². The van der Waals surface area contributed by atoms with Gasteiger partial charge in [-0.25, -0.2) is 4.98 Å². The van der Waals surface area contributed by atoms with E-state index >= 15 is 0 Å². The van der Waals surface area contributed by atoms with Crippen molar-refractivity contribution >= 4 is 17.1 Å². The number of aliphatic hydroxyl groups is 2. The number of imidazole rings is 1. The van der Waals surface area contributed by atoms with E-state index in [0.717, 1.165) is 0 Å². The van der Waals surface area contributed by atoms with Gasteiger partial charge < -0.3 is 20.5 Å². The maximum absolute atomic E-state index is 11.7. The smallest absolute Gasteiger partial charge is 0.280 e. The zero-order valence-corrected chi connectivity index (χ0v) is 10.7. The fraction of sp³-hybridized carbons (Fsp3) is 0.417. The quantitative estimate of drug-likeness (QED) is 0.530. The average Bonchev–Trinajstić information content (AvgIpc) is 2.91. The van der Waals surface area contributed by atoms with E-state index in [1.54, 1.807) is 4.57 Å². The molecular formula is C12H15N5O3. The van der Waals surface area contributed by atoms with Crippen LogP contribution < -0.4 is 11.3 Å². The second-order valence-electron chi connectivity index (χ2n) is 4.96. The molecule has 8 heteroatoms. The molecule has 0 amide bonds. The van der Waals surface area contributed by atoms with Crippen LogP contribution in [0.15, 0.2) is 23.3 Å². The first kappa shape index (κ1) is 12.8. The van der Waals surface area contributed by atoms with Crippen molar-refractivity contribution in [3.05, 3.63) is 28.8 Å². The highest BCUT2D eigenvalue weighted by molar-refractivity contribution is 5.70. The summed E-state index contributed by atoms with van der Waals surface area (Å²) in [6.45, 7) is 3.76. The Labute approximate surface area is 113 Å². The Bertz CT molecular complexity index is 734. The van der Waals surface area contributed by atoms with Gasteiger partial charge in [-0.2, -0.15) is 4.98 Å². The molecule has 106 valence electrons. The van der Waals surface area contributed by atoms with Crippen molar-refractivity contribution < 1.29 is 10.2 Å². The molecule has 0 aromatic carbocycles. The van der Waals surface area contributed by atoms with Gasteiger partial charge in [0.25, 0.3) is 5.56 Å². The third-order valence-electron chi connectivity index (χ3n) is 3.82. The molecule has 0 radical (unpaired) electrons. The SMILES string of the molecule is C=C1C(n2cnc3c(=O)[nH]c(N)nc32)C[C@H](O)[C@H]1CO. The number of aromatic amines is 1. The largest absolute Gasteiger partial charge is 0.396 e. The number of hydrogen-bond acceptors (Lipinski definition) is 6. The van der Waals surface area contributed by atoms with Crippen LogP contribution in [-0.2, 0) is 0 Å². The van der Waals surface area contributed by atoms with Crippen LogP contribution >= 0.6 is 0 Å². The zero-order chi connectivity index (χ0) is 14.4. The summed E-state index contributed by atoms with van der Waals surface area (Å²) in [7, 11) is 0. The van der Waals surface area contributed by atoms with Gasteiger partial charge in [-0.3, -0.25) is 9.78 Å². The van der Waals surface area contributed by atoms with Gasteiger partial charge >= 0.3 is 0 Å². The average molecular weight is 277 g/mol. The van der Waals surface area contributed by atoms with Gasteiger partial charge in [0.15, 0.2) is 11.2 Å². The number of rotatable bonds is 2. The molecule has 1 aliphatic carbocycles. The van der Waals surface area contributed by atoms with Crippen molar-refractivity contribution in [2.45, 2.75) is 18.6 Å². The van der Waals surface area contributed by atoms with Crippen molar-refractivity contribution in [1.29, 1.82) is 0 Å². The number of nitrogen functional groups attached to an aromatic ring is 1. The molecule has 8 nitrogen and oxygen atoms in total. The number of fused-ring (bicyclic) bond motifs is 1. The fourth-order valence-corrected chi connectivity index (χ4v) is 2.74. The van der Waals surface area contributed by atoms with Crippen LogP contribution in [0.1, 0.15) is 12.5 Å². The van der Waals surface area contributed by atoms with Gasteiger partial charge in [-0.15, -0.1) is 0 Å². The van der Waals surface area contributed by atoms with Crippen LogP contribution in [0.4, 0.5) is 5.95 Å². The fourth-order valence-electron chi connectivity index (χ4n) is 2.74. The summed E-state index contributed by atoms with van der Waals surface area (Å²) in [5.41, 5.74) is 6.37. The number of aromatic nitrogens is 4. The number of H-pyrrole nitrogens is 1. The summed E-state index contributed by atoms with van der Waals surface area (Å²) in [6, 6.07) is -0.263. The Balaban J connectivity index is 2.12. The molecule has 20 heavy (non-hydrogen) atoms. The predicted octanol–water partition coefficient (Wildman–Crippen LogP) is -0.828. The van der Waals surface area contributed by atoms with Gasteiger partial charge in [-0.05, 0) is 12.0 Å². The molecule has 2 heterocycles. The maximum atomic E-state index is 11.7. The van der Waals surface area contributed by atoms with Crippen LogP contribution in [0.25, 0.3) is 11.2 Å². The van der Waals surface area contributed by atoms with Gasteiger partial charge in [0, 0.05) is 5.92 Å². The Morgan fingerprint density at radius 3 is 3.00 bits per heavy atom. The molecule has 1 saturated carbocycles. The van der Waals surface area contributed by atoms with E-state index in [9.17, 15) is 15.0 Å². The third-order valence-corrected chi connectivity index (χ3v) is 3.82. The second kappa shape index (κ2) is 4.43. The Morgan fingerprint density at radius 2 is 2.35 bits per heavy atom. The van der Waals surface area contributed by atoms with Crippen LogP contribution in [0.3, 0.4) is 0 Å². The molecule has 1 aliphatic rings. The third kappa shape index (κ3) is 1.73. The number of aliphatic hydroxyl groups excluding tert-OH is 2. The molecule has 3 atom stereocenters. The van der Waals surface area contributed by atoms with Crippen LogP contribution in [0, 0.1) is 5.92 Å². The lowest BCUT2D eigenvalue weighted by atomic mass is 10.0. The second-order valence-corrected chi connectivity index (χ2v) is 4.96. The first-order chi connectivity index (χ1) is 9.52. The molecule has 0 aliphatic heterocycles. The number of nitrogens with two attached hydrogens (primary N) is 1. The predicted molar refractivity (Wildman–Crippen MR) is 71.9 cm³/mol. The van der Waals surface area contributed by atoms with Gasteiger partial charge in [-0.1, -0.05) is 6.58 Å². The first-order valence-corrected chi connectivity index (χ1v) is 6.23. The molecule has 0 bridgehead atoms. The topological polar surface area (TPSA) is 130 Å². The summed E-state index contributed by atoms with van der Waals surface area (Å²) in [5, 5.41) is 19.2. The number of hydrogen-bond donors (Lipinski definition) is 4. The number of anilines is 1. The van der Waals surface area contributed by atoms with Gasteiger partial charge in [0.2, 0.25) is 5.95 Å². The lowest BCUT2D eigenvalue weighted by Crippen LogP contribution is -2.17. The molecular weight excluding hydrogens is 262 g/mol. The summed E-state index contributed by atoms with van der Waals surface area (Å²) < 4.78 is 1.67. The summed E-state index contributed by atoms with van der Waals surface area (Å²) >= 11 is 0. The zero-order valence-electron chi connectivity index (χ0n) is 10.7. The summed E-state index contributed by atoms with van der Waals surface area (Å²) in [4.78, 5) is 22.2. The van der Waals surface area contributed by atoms with E-state index in [0.29, 0.717) is 17.6 Å². The molecule has 0 spiro atoms. The Hall–Kier alpha value is -2.19. The Kier molecular flexibility index (Phi) is 2.84. The molecule has 5 N–H and O–H groups in total.